The maximum Gasteiger partial charge on any atom is 0.184 e. The summed E-state index contributed by atoms with van der Waals surface area (Å²) in [5.41, 5.74) is 0. The fourth-order valence-corrected chi connectivity index (χ4v) is 1.29. The van der Waals surface area contributed by atoms with E-state index in [0.29, 0.717) is 0 Å². The molecule has 0 aromatic heterocycles. The second kappa shape index (κ2) is 4.49. The highest BCUT2D eigenvalue weighted by Gasteiger charge is 2.46. The minimum atomic E-state index is -1.60. The van der Waals surface area contributed by atoms with Crippen LogP contribution in [0.25, 0.3) is 0 Å². The van der Waals surface area contributed by atoms with E-state index in [9.17, 15) is 10.2 Å². The molecular weight excluding hydrogens is 196 g/mol. The van der Waals surface area contributed by atoms with E-state index in [4.69, 9.17) is 20.4 Å². The molecule has 6 atom stereocenters. The zero-order chi connectivity index (χ0) is 10.9. The van der Waals surface area contributed by atoms with Crippen molar-refractivity contribution in [2.45, 2.75) is 36.8 Å². The molecule has 0 amide bonds. The molecule has 1 fully saturated rings. The number of aliphatic hydroxyl groups excluding tert-OH is 6. The molecule has 14 heavy (non-hydrogen) atoms. The number of hydrogen-bond donors (Lipinski definition) is 6. The topological polar surface area (TPSA) is 131 Å². The van der Waals surface area contributed by atoms with Gasteiger partial charge in [-0.2, -0.15) is 0 Å². The van der Waals surface area contributed by atoms with Crippen molar-refractivity contribution in [1.29, 1.82) is 0 Å². The van der Waals surface area contributed by atoms with Gasteiger partial charge in [0, 0.05) is 0 Å². The zero-order valence-corrected chi connectivity index (χ0v) is 7.26. The SMILES string of the molecule is OC[C@H](O)[C@@H](O)[C@@H]1OC(O)[C@@H](O)[C@@H]1O. The largest absolute Gasteiger partial charge is 0.394 e. The summed E-state index contributed by atoms with van der Waals surface area (Å²) in [7, 11) is 0. The molecule has 84 valence electrons. The predicted octanol–water partition coefficient (Wildman–Crippen LogP) is -3.86. The first kappa shape index (κ1) is 11.8. The van der Waals surface area contributed by atoms with Gasteiger partial charge in [-0.05, 0) is 0 Å². The number of aliphatic hydroxyl groups is 6. The minimum absolute atomic E-state index is 0.708. The fourth-order valence-electron chi connectivity index (χ4n) is 1.29. The van der Waals surface area contributed by atoms with Crippen molar-refractivity contribution in [3.63, 3.8) is 0 Å². The van der Waals surface area contributed by atoms with Gasteiger partial charge in [0.15, 0.2) is 6.29 Å². The highest BCUT2D eigenvalue weighted by Crippen LogP contribution is 2.23. The van der Waals surface area contributed by atoms with E-state index < -0.39 is 43.4 Å². The summed E-state index contributed by atoms with van der Waals surface area (Å²) in [6, 6.07) is 0. The second-order valence-electron chi connectivity index (χ2n) is 3.21. The van der Waals surface area contributed by atoms with E-state index in [1.54, 1.807) is 0 Å². The van der Waals surface area contributed by atoms with Crippen LogP contribution in [0.3, 0.4) is 0 Å². The summed E-state index contributed by atoms with van der Waals surface area (Å²) in [5, 5.41) is 54.1. The van der Waals surface area contributed by atoms with Crippen LogP contribution in [0.5, 0.6) is 0 Å². The maximum atomic E-state index is 9.31. The predicted molar refractivity (Wildman–Crippen MR) is 42.0 cm³/mol. The van der Waals surface area contributed by atoms with Gasteiger partial charge in [0.05, 0.1) is 6.61 Å². The number of ether oxygens (including phenoxy) is 1. The molecule has 0 aromatic carbocycles. The average molecular weight is 210 g/mol. The van der Waals surface area contributed by atoms with Gasteiger partial charge in [-0.3, -0.25) is 0 Å². The van der Waals surface area contributed by atoms with Gasteiger partial charge in [-0.25, -0.2) is 0 Å². The first-order valence-electron chi connectivity index (χ1n) is 4.15. The van der Waals surface area contributed by atoms with Crippen LogP contribution in [-0.4, -0.2) is 74.1 Å². The third-order valence-corrected chi connectivity index (χ3v) is 2.19. The smallest absolute Gasteiger partial charge is 0.184 e. The Labute approximate surface area is 79.8 Å². The van der Waals surface area contributed by atoms with Crippen molar-refractivity contribution < 1.29 is 35.4 Å². The Kier molecular flexibility index (Phi) is 3.78. The molecule has 0 saturated carbocycles. The maximum absolute atomic E-state index is 9.31. The lowest BCUT2D eigenvalue weighted by molar-refractivity contribution is -0.164. The lowest BCUT2D eigenvalue weighted by atomic mass is 10.0. The van der Waals surface area contributed by atoms with Gasteiger partial charge in [0.25, 0.3) is 0 Å². The Morgan fingerprint density at radius 1 is 1.07 bits per heavy atom. The molecule has 1 unspecified atom stereocenters. The number of rotatable bonds is 3. The molecule has 1 aliphatic rings. The van der Waals surface area contributed by atoms with E-state index in [-0.39, 0.29) is 0 Å². The molecule has 7 heteroatoms. The Morgan fingerprint density at radius 3 is 2.00 bits per heavy atom. The van der Waals surface area contributed by atoms with Crippen LogP contribution in [-0.2, 0) is 4.74 Å². The summed E-state index contributed by atoms with van der Waals surface area (Å²) in [6.45, 7) is -0.708. The van der Waals surface area contributed by atoms with Crippen molar-refractivity contribution in [3.05, 3.63) is 0 Å². The Hall–Kier alpha value is -0.280. The van der Waals surface area contributed by atoms with Crippen LogP contribution in [0, 0.1) is 0 Å². The minimum Gasteiger partial charge on any atom is -0.394 e. The van der Waals surface area contributed by atoms with E-state index in [2.05, 4.69) is 4.74 Å². The summed E-state index contributed by atoms with van der Waals surface area (Å²) in [6.07, 6.45) is -9.01. The Balaban J connectivity index is 2.61. The summed E-state index contributed by atoms with van der Waals surface area (Å²) in [5.74, 6) is 0. The van der Waals surface area contributed by atoms with Crippen LogP contribution in [0.4, 0.5) is 0 Å². The highest BCUT2D eigenvalue weighted by atomic mass is 16.6. The molecule has 0 aromatic rings. The van der Waals surface area contributed by atoms with Gasteiger partial charge < -0.3 is 35.4 Å². The number of hydrogen-bond acceptors (Lipinski definition) is 7. The zero-order valence-electron chi connectivity index (χ0n) is 7.26. The average Bonchev–Trinajstić information content (AvgIpc) is 2.43. The standard InChI is InChI=1S/C7H14O7/c8-1-2(9)3(10)6-4(11)5(12)7(13)14-6/h2-13H,1H2/t2-,3+,4-,5-,6-,7?/m0/s1. The molecule has 0 radical (unpaired) electrons. The van der Waals surface area contributed by atoms with Crippen molar-refractivity contribution >= 4 is 0 Å². The summed E-state index contributed by atoms with van der Waals surface area (Å²) < 4.78 is 4.61. The molecule has 1 aliphatic heterocycles. The van der Waals surface area contributed by atoms with Crippen molar-refractivity contribution in [2.75, 3.05) is 6.61 Å². The lowest BCUT2D eigenvalue weighted by Crippen LogP contribution is -2.46. The van der Waals surface area contributed by atoms with E-state index in [0.717, 1.165) is 0 Å². The molecule has 6 N–H and O–H groups in total. The van der Waals surface area contributed by atoms with Gasteiger partial charge in [-0.1, -0.05) is 0 Å². The van der Waals surface area contributed by atoms with Gasteiger partial charge in [0.2, 0.25) is 0 Å². The molecule has 1 heterocycles. The van der Waals surface area contributed by atoms with Crippen LogP contribution >= 0.6 is 0 Å². The third kappa shape index (κ3) is 2.04. The van der Waals surface area contributed by atoms with Gasteiger partial charge >= 0.3 is 0 Å². The first-order valence-corrected chi connectivity index (χ1v) is 4.15. The van der Waals surface area contributed by atoms with Gasteiger partial charge in [-0.15, -0.1) is 0 Å². The van der Waals surface area contributed by atoms with Crippen molar-refractivity contribution in [3.8, 4) is 0 Å². The summed E-state index contributed by atoms with van der Waals surface area (Å²) >= 11 is 0. The lowest BCUT2D eigenvalue weighted by Gasteiger charge is -2.23. The van der Waals surface area contributed by atoms with E-state index in [1.165, 1.54) is 0 Å². The molecule has 0 spiro atoms. The van der Waals surface area contributed by atoms with E-state index >= 15 is 0 Å². The molecule has 7 nitrogen and oxygen atoms in total. The van der Waals surface area contributed by atoms with Crippen LogP contribution in [0.1, 0.15) is 0 Å². The molecule has 0 bridgehead atoms. The van der Waals surface area contributed by atoms with E-state index in [1.807, 2.05) is 0 Å². The molecule has 1 rings (SSSR count). The van der Waals surface area contributed by atoms with Crippen molar-refractivity contribution in [1.82, 2.24) is 0 Å². The molecule has 0 aliphatic carbocycles. The van der Waals surface area contributed by atoms with Crippen LogP contribution < -0.4 is 0 Å². The monoisotopic (exact) mass is 210 g/mol. The molecule has 1 saturated heterocycles. The first-order chi connectivity index (χ1) is 6.49. The normalized spacial score (nSPS) is 42.4. The Bertz CT molecular complexity index is 187. The second-order valence-corrected chi connectivity index (χ2v) is 3.21. The molecular formula is C7H14O7. The third-order valence-electron chi connectivity index (χ3n) is 2.19. The summed E-state index contributed by atoms with van der Waals surface area (Å²) in [4.78, 5) is 0. The van der Waals surface area contributed by atoms with Crippen LogP contribution in [0.15, 0.2) is 0 Å². The van der Waals surface area contributed by atoms with Crippen LogP contribution in [0.2, 0.25) is 0 Å². The van der Waals surface area contributed by atoms with Gasteiger partial charge in [0.1, 0.15) is 30.5 Å². The highest BCUT2D eigenvalue weighted by molar-refractivity contribution is 4.92. The fraction of sp³-hybridized carbons (Fsp3) is 1.00. The quantitative estimate of drug-likeness (QED) is 0.281. The van der Waals surface area contributed by atoms with Crippen molar-refractivity contribution in [2.24, 2.45) is 0 Å². The Morgan fingerprint density at radius 2 is 1.64 bits per heavy atom.